The molecule has 94 valence electrons. The lowest BCUT2D eigenvalue weighted by molar-refractivity contribution is 0.536. The Bertz CT molecular complexity index is 383. The summed E-state index contributed by atoms with van der Waals surface area (Å²) in [6.45, 7) is 3.26. The first kappa shape index (κ1) is 12.4. The van der Waals surface area contributed by atoms with Crippen LogP contribution in [0.25, 0.3) is 0 Å². The van der Waals surface area contributed by atoms with Gasteiger partial charge in [0, 0.05) is 13.6 Å². The Morgan fingerprint density at radius 3 is 2.94 bits per heavy atom. The van der Waals surface area contributed by atoms with Crippen molar-refractivity contribution >= 4 is 23.4 Å². The van der Waals surface area contributed by atoms with Crippen LogP contribution in [0.3, 0.4) is 0 Å². The molecule has 2 unspecified atom stereocenters. The van der Waals surface area contributed by atoms with Gasteiger partial charge in [0.15, 0.2) is 0 Å². The van der Waals surface area contributed by atoms with Crippen LogP contribution >= 0.6 is 11.6 Å². The van der Waals surface area contributed by atoms with Gasteiger partial charge in [-0.1, -0.05) is 24.9 Å². The van der Waals surface area contributed by atoms with Gasteiger partial charge in [0.05, 0.1) is 6.20 Å². The van der Waals surface area contributed by atoms with E-state index in [-0.39, 0.29) is 0 Å². The molecule has 1 aliphatic rings. The topological polar surface area (TPSA) is 49.8 Å². The summed E-state index contributed by atoms with van der Waals surface area (Å²) in [5.41, 5.74) is 0. The second-order valence-electron chi connectivity index (χ2n) is 4.81. The monoisotopic (exact) mass is 254 g/mol. The van der Waals surface area contributed by atoms with Crippen molar-refractivity contribution in [2.45, 2.75) is 26.2 Å². The van der Waals surface area contributed by atoms with Crippen molar-refractivity contribution in [3.05, 3.63) is 11.2 Å². The molecule has 1 heterocycles. The first-order chi connectivity index (χ1) is 8.19. The highest BCUT2D eigenvalue weighted by Crippen LogP contribution is 2.30. The third kappa shape index (κ3) is 3.22. The summed E-state index contributed by atoms with van der Waals surface area (Å²) in [6, 6.07) is 0. The van der Waals surface area contributed by atoms with E-state index in [4.69, 9.17) is 11.6 Å². The van der Waals surface area contributed by atoms with Gasteiger partial charge >= 0.3 is 0 Å². The van der Waals surface area contributed by atoms with Crippen LogP contribution in [-0.2, 0) is 0 Å². The zero-order valence-corrected chi connectivity index (χ0v) is 11.1. The lowest BCUT2D eigenvalue weighted by Gasteiger charge is -2.13. The standard InChI is InChI=1S/C12H19ClN4/c1-8-3-4-9(5-8)6-15-11-10(13)7-16-12(14-2)17-11/h7-9H,3-6H2,1-2H3,(H2,14,15,16,17). The molecule has 0 spiro atoms. The quantitative estimate of drug-likeness (QED) is 0.867. The van der Waals surface area contributed by atoms with Gasteiger partial charge in [-0.05, 0) is 24.7 Å². The van der Waals surface area contributed by atoms with E-state index in [9.17, 15) is 0 Å². The van der Waals surface area contributed by atoms with Gasteiger partial charge in [-0.25, -0.2) is 4.98 Å². The summed E-state index contributed by atoms with van der Waals surface area (Å²) < 4.78 is 0. The van der Waals surface area contributed by atoms with Crippen molar-refractivity contribution in [2.24, 2.45) is 11.8 Å². The van der Waals surface area contributed by atoms with Gasteiger partial charge in [-0.3, -0.25) is 0 Å². The molecule has 17 heavy (non-hydrogen) atoms. The highest BCUT2D eigenvalue weighted by atomic mass is 35.5. The molecule has 1 aromatic heterocycles. The first-order valence-corrected chi connectivity index (χ1v) is 6.51. The predicted molar refractivity (Wildman–Crippen MR) is 71.6 cm³/mol. The van der Waals surface area contributed by atoms with E-state index in [0.717, 1.165) is 24.2 Å². The Labute approximate surface area is 107 Å². The third-order valence-electron chi connectivity index (χ3n) is 3.33. The number of rotatable bonds is 4. The molecule has 0 saturated heterocycles. The zero-order valence-electron chi connectivity index (χ0n) is 10.3. The van der Waals surface area contributed by atoms with Crippen molar-refractivity contribution in [3.63, 3.8) is 0 Å². The lowest BCUT2D eigenvalue weighted by atomic mass is 10.1. The van der Waals surface area contributed by atoms with Crippen molar-refractivity contribution in [3.8, 4) is 0 Å². The van der Waals surface area contributed by atoms with E-state index < -0.39 is 0 Å². The number of hydrogen-bond acceptors (Lipinski definition) is 4. The third-order valence-corrected chi connectivity index (χ3v) is 3.61. The maximum Gasteiger partial charge on any atom is 0.224 e. The van der Waals surface area contributed by atoms with Crippen LogP contribution in [0.1, 0.15) is 26.2 Å². The van der Waals surface area contributed by atoms with E-state index in [1.54, 1.807) is 13.2 Å². The van der Waals surface area contributed by atoms with E-state index >= 15 is 0 Å². The minimum Gasteiger partial charge on any atom is -0.368 e. The van der Waals surface area contributed by atoms with E-state index in [2.05, 4.69) is 27.5 Å². The molecule has 2 N–H and O–H groups in total. The van der Waals surface area contributed by atoms with Crippen LogP contribution in [0.2, 0.25) is 5.02 Å². The van der Waals surface area contributed by atoms with Crippen LogP contribution in [0.15, 0.2) is 6.20 Å². The van der Waals surface area contributed by atoms with E-state index in [1.807, 2.05) is 0 Å². The smallest absolute Gasteiger partial charge is 0.224 e. The van der Waals surface area contributed by atoms with Crippen LogP contribution in [0, 0.1) is 11.8 Å². The van der Waals surface area contributed by atoms with Crippen molar-refractivity contribution in [1.29, 1.82) is 0 Å². The molecule has 4 nitrogen and oxygen atoms in total. The fourth-order valence-corrected chi connectivity index (χ4v) is 2.52. The molecular formula is C12H19ClN4. The Morgan fingerprint density at radius 1 is 1.47 bits per heavy atom. The molecular weight excluding hydrogens is 236 g/mol. The fourth-order valence-electron chi connectivity index (χ4n) is 2.36. The summed E-state index contributed by atoms with van der Waals surface area (Å²) >= 11 is 6.05. The fraction of sp³-hybridized carbons (Fsp3) is 0.667. The van der Waals surface area contributed by atoms with Gasteiger partial charge in [0.2, 0.25) is 5.95 Å². The Hall–Kier alpha value is -1.03. The molecule has 0 bridgehead atoms. The largest absolute Gasteiger partial charge is 0.368 e. The Morgan fingerprint density at radius 2 is 2.29 bits per heavy atom. The molecule has 1 aliphatic carbocycles. The average Bonchev–Trinajstić information content (AvgIpc) is 2.74. The number of nitrogens with one attached hydrogen (secondary N) is 2. The van der Waals surface area contributed by atoms with Crippen LogP contribution in [0.5, 0.6) is 0 Å². The molecule has 2 rings (SSSR count). The molecule has 1 saturated carbocycles. The van der Waals surface area contributed by atoms with Gasteiger partial charge in [0.25, 0.3) is 0 Å². The van der Waals surface area contributed by atoms with Crippen molar-refractivity contribution in [2.75, 3.05) is 24.2 Å². The van der Waals surface area contributed by atoms with Gasteiger partial charge in [-0.15, -0.1) is 0 Å². The minimum atomic E-state index is 0.579. The minimum absolute atomic E-state index is 0.579. The molecule has 5 heteroatoms. The summed E-state index contributed by atoms with van der Waals surface area (Å²) in [6.07, 6.45) is 5.57. The highest BCUT2D eigenvalue weighted by molar-refractivity contribution is 6.32. The molecule has 1 aromatic rings. The SMILES string of the molecule is CNc1ncc(Cl)c(NCC2CCC(C)C2)n1. The van der Waals surface area contributed by atoms with Gasteiger partial charge in [0.1, 0.15) is 10.8 Å². The number of hydrogen-bond donors (Lipinski definition) is 2. The Balaban J connectivity index is 1.94. The van der Waals surface area contributed by atoms with E-state index in [0.29, 0.717) is 11.0 Å². The molecule has 0 amide bonds. The van der Waals surface area contributed by atoms with Crippen LogP contribution < -0.4 is 10.6 Å². The average molecular weight is 255 g/mol. The van der Waals surface area contributed by atoms with Gasteiger partial charge < -0.3 is 10.6 Å². The summed E-state index contributed by atoms with van der Waals surface area (Å²) in [4.78, 5) is 8.36. The van der Waals surface area contributed by atoms with E-state index in [1.165, 1.54) is 19.3 Å². The maximum absolute atomic E-state index is 6.05. The van der Waals surface area contributed by atoms with Crippen molar-refractivity contribution < 1.29 is 0 Å². The molecule has 2 atom stereocenters. The second-order valence-corrected chi connectivity index (χ2v) is 5.21. The number of halogens is 1. The van der Waals surface area contributed by atoms with Crippen LogP contribution in [-0.4, -0.2) is 23.6 Å². The molecule has 1 fully saturated rings. The Kier molecular flexibility index (Phi) is 4.05. The molecule has 0 radical (unpaired) electrons. The summed E-state index contributed by atoms with van der Waals surface area (Å²) in [5, 5.41) is 6.81. The summed E-state index contributed by atoms with van der Waals surface area (Å²) in [7, 11) is 1.80. The number of nitrogens with zero attached hydrogens (tertiary/aromatic N) is 2. The van der Waals surface area contributed by atoms with Crippen molar-refractivity contribution in [1.82, 2.24) is 9.97 Å². The number of aromatic nitrogens is 2. The molecule has 0 aromatic carbocycles. The van der Waals surface area contributed by atoms with Gasteiger partial charge in [-0.2, -0.15) is 4.98 Å². The summed E-state index contributed by atoms with van der Waals surface area (Å²) in [5.74, 6) is 2.92. The van der Waals surface area contributed by atoms with Crippen LogP contribution in [0.4, 0.5) is 11.8 Å². The number of anilines is 2. The normalized spacial score (nSPS) is 23.7. The molecule has 0 aliphatic heterocycles. The lowest BCUT2D eigenvalue weighted by Crippen LogP contribution is -2.13. The predicted octanol–water partition coefficient (Wildman–Crippen LogP) is 3.02. The second kappa shape index (κ2) is 5.54. The maximum atomic E-state index is 6.05. The first-order valence-electron chi connectivity index (χ1n) is 6.13. The zero-order chi connectivity index (χ0) is 12.3. The highest BCUT2D eigenvalue weighted by Gasteiger charge is 2.21.